The van der Waals surface area contributed by atoms with Crippen LogP contribution in [0.3, 0.4) is 0 Å². The Labute approximate surface area is 245 Å². The molecule has 5 heterocycles. The van der Waals surface area contributed by atoms with Crippen molar-refractivity contribution < 1.29 is 23.1 Å². The highest BCUT2D eigenvalue weighted by Crippen LogP contribution is 2.35. The monoisotopic (exact) mass is 586 g/mol. The Kier molecular flexibility index (Phi) is 7.53. The van der Waals surface area contributed by atoms with Crippen molar-refractivity contribution in [1.82, 2.24) is 34.0 Å². The van der Waals surface area contributed by atoms with E-state index >= 15 is 0 Å². The fourth-order valence-corrected chi connectivity index (χ4v) is 5.11. The summed E-state index contributed by atoms with van der Waals surface area (Å²) in [7, 11) is 0. The van der Waals surface area contributed by atoms with Crippen LogP contribution in [-0.2, 0) is 4.74 Å². The largest absolute Gasteiger partial charge is 0.447 e. The molecular weight excluding hydrogens is 558 g/mol. The average Bonchev–Trinajstić information content (AvgIpc) is 3.61. The zero-order valence-electron chi connectivity index (χ0n) is 23.4. The number of nitrogens with one attached hydrogen (secondary N) is 1. The van der Waals surface area contributed by atoms with Crippen molar-refractivity contribution in [1.29, 1.82) is 0 Å². The van der Waals surface area contributed by atoms with Crippen LogP contribution < -0.4 is 5.32 Å². The van der Waals surface area contributed by atoms with Crippen LogP contribution >= 0.6 is 0 Å². The van der Waals surface area contributed by atoms with Crippen LogP contribution in [0.5, 0.6) is 0 Å². The number of benzene rings is 1. The van der Waals surface area contributed by atoms with Gasteiger partial charge >= 0.3 is 6.09 Å². The number of carbonyl (C=O) groups excluding carboxylic acids is 2. The number of ether oxygens (including phenoxy) is 1. The van der Waals surface area contributed by atoms with Gasteiger partial charge in [0, 0.05) is 42.5 Å². The standard InChI is InChI=1S/C30H28F2N8O3/c1-18(2)43-30(42)38-13-10-22(11-14-38)39-17-34-27(19-3-5-21(31)6-4-19)28(39)23-7-8-26-35-25(16-40(26)37-23)36-29(41)20-9-12-33-24(32)15-20/h3-9,12,15-18,22H,10-11,13-14H2,1-2H3,(H,36,41). The summed E-state index contributed by atoms with van der Waals surface area (Å²) in [5.41, 5.74) is 3.24. The molecule has 0 radical (unpaired) electrons. The Bertz CT molecular complexity index is 1790. The molecule has 11 nitrogen and oxygen atoms in total. The van der Waals surface area contributed by atoms with Crippen molar-refractivity contribution in [2.45, 2.75) is 38.8 Å². The smallest absolute Gasteiger partial charge is 0.410 e. The number of likely N-dealkylation sites (tertiary alicyclic amines) is 1. The van der Waals surface area contributed by atoms with E-state index in [9.17, 15) is 18.4 Å². The van der Waals surface area contributed by atoms with Crippen molar-refractivity contribution in [3.8, 4) is 22.6 Å². The van der Waals surface area contributed by atoms with Crippen LogP contribution in [0, 0.1) is 11.8 Å². The van der Waals surface area contributed by atoms with Gasteiger partial charge in [-0.25, -0.2) is 28.7 Å². The lowest BCUT2D eigenvalue weighted by Crippen LogP contribution is -2.40. The maximum absolute atomic E-state index is 13.8. The summed E-state index contributed by atoms with van der Waals surface area (Å²) in [5, 5.41) is 7.44. The minimum absolute atomic E-state index is 0.0238. The van der Waals surface area contributed by atoms with E-state index in [-0.39, 0.29) is 35.4 Å². The molecule has 1 aromatic carbocycles. The lowest BCUT2D eigenvalue weighted by atomic mass is 10.0. The van der Waals surface area contributed by atoms with Crippen molar-refractivity contribution in [2.24, 2.45) is 0 Å². The van der Waals surface area contributed by atoms with Crippen LogP contribution in [-0.4, -0.2) is 65.2 Å². The van der Waals surface area contributed by atoms with Crippen molar-refractivity contribution in [3.05, 3.63) is 84.6 Å². The number of anilines is 1. The highest BCUT2D eigenvalue weighted by Gasteiger charge is 2.28. The van der Waals surface area contributed by atoms with Crippen molar-refractivity contribution in [3.63, 3.8) is 0 Å². The van der Waals surface area contributed by atoms with Gasteiger partial charge in [-0.3, -0.25) is 4.79 Å². The zero-order chi connectivity index (χ0) is 30.1. The van der Waals surface area contributed by atoms with Crippen LogP contribution in [0.25, 0.3) is 28.3 Å². The topological polar surface area (TPSA) is 120 Å². The van der Waals surface area contributed by atoms with E-state index in [1.807, 2.05) is 19.9 Å². The summed E-state index contributed by atoms with van der Waals surface area (Å²) < 4.78 is 36.2. The molecule has 0 bridgehead atoms. The second kappa shape index (κ2) is 11.6. The Morgan fingerprint density at radius 3 is 2.51 bits per heavy atom. The summed E-state index contributed by atoms with van der Waals surface area (Å²) in [6, 6.07) is 12.1. The maximum atomic E-state index is 13.8. The molecular formula is C30H28F2N8O3. The molecule has 1 saturated heterocycles. The van der Waals surface area contributed by atoms with Gasteiger partial charge in [0.15, 0.2) is 11.5 Å². The van der Waals surface area contributed by atoms with Gasteiger partial charge < -0.3 is 19.5 Å². The van der Waals surface area contributed by atoms with Crippen LogP contribution in [0.1, 0.15) is 43.1 Å². The fraction of sp³-hybridized carbons (Fsp3) is 0.267. The predicted molar refractivity (Wildman–Crippen MR) is 153 cm³/mol. The quantitative estimate of drug-likeness (QED) is 0.266. The van der Waals surface area contributed by atoms with Crippen molar-refractivity contribution >= 4 is 23.5 Å². The number of hydrogen-bond acceptors (Lipinski definition) is 7. The van der Waals surface area contributed by atoms with Gasteiger partial charge in [-0.05, 0) is 69.2 Å². The van der Waals surface area contributed by atoms with Gasteiger partial charge in [-0.2, -0.15) is 9.49 Å². The molecule has 6 rings (SSSR count). The summed E-state index contributed by atoms with van der Waals surface area (Å²) in [5.74, 6) is -1.42. The van der Waals surface area contributed by atoms with Crippen LogP contribution in [0.2, 0.25) is 0 Å². The molecule has 43 heavy (non-hydrogen) atoms. The molecule has 0 spiro atoms. The third-order valence-corrected chi connectivity index (χ3v) is 7.16. The first kappa shape index (κ1) is 27.9. The Balaban J connectivity index is 1.32. The number of imidazole rings is 2. The second-order valence-corrected chi connectivity index (χ2v) is 10.5. The highest BCUT2D eigenvalue weighted by atomic mass is 19.1. The van der Waals surface area contributed by atoms with Crippen LogP contribution in [0.15, 0.2) is 67.3 Å². The number of fused-ring (bicyclic) bond motifs is 1. The first-order chi connectivity index (χ1) is 20.7. The number of nitrogens with zero attached hydrogens (tertiary/aromatic N) is 7. The molecule has 1 fully saturated rings. The van der Waals surface area contributed by atoms with Gasteiger partial charge in [0.25, 0.3) is 5.91 Å². The van der Waals surface area contributed by atoms with Gasteiger partial charge in [0.05, 0.1) is 30.0 Å². The Morgan fingerprint density at radius 1 is 1.02 bits per heavy atom. The van der Waals surface area contributed by atoms with Gasteiger partial charge in [-0.1, -0.05) is 0 Å². The second-order valence-electron chi connectivity index (χ2n) is 10.5. The normalized spacial score (nSPS) is 13.9. The van der Waals surface area contributed by atoms with E-state index in [4.69, 9.17) is 14.8 Å². The average molecular weight is 587 g/mol. The molecule has 1 aliphatic rings. The lowest BCUT2D eigenvalue weighted by Gasteiger charge is -2.33. The van der Waals surface area contributed by atoms with Crippen molar-refractivity contribution in [2.75, 3.05) is 18.4 Å². The third-order valence-electron chi connectivity index (χ3n) is 7.16. The van der Waals surface area contributed by atoms with E-state index in [1.165, 1.54) is 28.9 Å². The molecule has 0 atom stereocenters. The van der Waals surface area contributed by atoms with E-state index in [1.54, 1.807) is 35.6 Å². The molecule has 2 amide bonds. The Morgan fingerprint density at radius 2 is 1.79 bits per heavy atom. The Hall–Kier alpha value is -5.20. The molecule has 220 valence electrons. The zero-order valence-corrected chi connectivity index (χ0v) is 23.4. The number of rotatable bonds is 6. The summed E-state index contributed by atoms with van der Waals surface area (Å²) >= 11 is 0. The molecule has 1 N–H and O–H groups in total. The summed E-state index contributed by atoms with van der Waals surface area (Å²) in [6.07, 6.45) is 5.36. The third kappa shape index (κ3) is 5.92. The number of carbonyl (C=O) groups is 2. The minimum Gasteiger partial charge on any atom is -0.447 e. The first-order valence-electron chi connectivity index (χ1n) is 13.8. The number of pyridine rings is 1. The SMILES string of the molecule is CC(C)OC(=O)N1CCC(n2cnc(-c3ccc(F)cc3)c2-c2ccc3nc(NC(=O)c4ccnc(F)c4)cn3n2)CC1. The number of hydrogen-bond donors (Lipinski definition) is 1. The number of amides is 2. The molecule has 4 aromatic heterocycles. The summed E-state index contributed by atoms with van der Waals surface area (Å²) in [6.45, 7) is 4.70. The molecule has 1 aliphatic heterocycles. The molecule has 0 unspecified atom stereocenters. The van der Waals surface area contributed by atoms with Gasteiger partial charge in [-0.15, -0.1) is 0 Å². The first-order valence-corrected chi connectivity index (χ1v) is 13.8. The minimum atomic E-state index is -0.760. The van der Waals surface area contributed by atoms with Gasteiger partial charge in [0.1, 0.15) is 11.5 Å². The molecule has 0 saturated carbocycles. The highest BCUT2D eigenvalue weighted by molar-refractivity contribution is 6.03. The summed E-state index contributed by atoms with van der Waals surface area (Å²) in [4.78, 5) is 39.3. The molecule has 13 heteroatoms. The van der Waals surface area contributed by atoms with Gasteiger partial charge in [0.2, 0.25) is 5.95 Å². The van der Waals surface area contributed by atoms with E-state index in [2.05, 4.69) is 19.9 Å². The number of aromatic nitrogens is 6. The number of halogens is 2. The fourth-order valence-electron chi connectivity index (χ4n) is 5.11. The van der Waals surface area contributed by atoms with E-state index < -0.39 is 11.9 Å². The predicted octanol–water partition coefficient (Wildman–Crippen LogP) is 5.37. The lowest BCUT2D eigenvalue weighted by molar-refractivity contribution is 0.0661. The molecule has 0 aliphatic carbocycles. The molecule has 5 aromatic rings. The van der Waals surface area contributed by atoms with E-state index in [0.717, 1.165) is 17.3 Å². The maximum Gasteiger partial charge on any atom is 0.410 e. The number of piperidine rings is 1. The van der Waals surface area contributed by atoms with E-state index in [0.29, 0.717) is 43.0 Å². The van der Waals surface area contributed by atoms with Crippen LogP contribution in [0.4, 0.5) is 19.4 Å².